The highest BCUT2D eigenvalue weighted by atomic mass is 35.5. The topological polar surface area (TPSA) is 58.4 Å². The lowest BCUT2D eigenvalue weighted by molar-refractivity contribution is -0.121. The van der Waals surface area contributed by atoms with Gasteiger partial charge in [0.1, 0.15) is 0 Å². The highest BCUT2D eigenvalue weighted by molar-refractivity contribution is 6.40. The maximum Gasteiger partial charge on any atom is 0.241 e. The zero-order valence-electron chi connectivity index (χ0n) is 12.3. The summed E-state index contributed by atoms with van der Waals surface area (Å²) in [7, 11) is 0. The van der Waals surface area contributed by atoms with Crippen molar-refractivity contribution in [1.82, 2.24) is 4.90 Å². The molecule has 1 aromatic carbocycles. The van der Waals surface area contributed by atoms with E-state index in [1.807, 2.05) is 6.92 Å². The molecule has 1 saturated heterocycles. The molecule has 4 nitrogen and oxygen atoms in total. The van der Waals surface area contributed by atoms with Crippen molar-refractivity contribution in [3.63, 3.8) is 0 Å². The minimum atomic E-state index is -0.206. The maximum absolute atomic E-state index is 12.4. The second-order valence-corrected chi connectivity index (χ2v) is 6.28. The van der Waals surface area contributed by atoms with Crippen LogP contribution in [0.2, 0.25) is 10.0 Å². The third-order valence-electron chi connectivity index (χ3n) is 4.08. The van der Waals surface area contributed by atoms with Gasteiger partial charge in [-0.25, -0.2) is 0 Å². The van der Waals surface area contributed by atoms with E-state index in [-0.39, 0.29) is 11.9 Å². The number of nitrogens with two attached hydrogens (primary N) is 1. The molecule has 2 atom stereocenters. The maximum atomic E-state index is 12.4. The number of anilines is 2. The Balaban J connectivity index is 2.11. The van der Waals surface area contributed by atoms with Gasteiger partial charge in [-0.3, -0.25) is 9.69 Å². The van der Waals surface area contributed by atoms with E-state index in [0.29, 0.717) is 27.5 Å². The highest BCUT2D eigenvalue weighted by Gasteiger charge is 2.31. The highest BCUT2D eigenvalue weighted by Crippen LogP contribution is 2.33. The van der Waals surface area contributed by atoms with Crippen LogP contribution < -0.4 is 11.1 Å². The summed E-state index contributed by atoms with van der Waals surface area (Å²) in [5.74, 6) is -0.0936. The molecule has 1 amide bonds. The minimum Gasteiger partial charge on any atom is -0.399 e. The van der Waals surface area contributed by atoms with Crippen molar-refractivity contribution in [2.45, 2.75) is 45.2 Å². The second kappa shape index (κ2) is 6.86. The summed E-state index contributed by atoms with van der Waals surface area (Å²) in [6, 6.07) is 3.43. The van der Waals surface area contributed by atoms with Gasteiger partial charge in [0.25, 0.3) is 0 Å². The monoisotopic (exact) mass is 329 g/mol. The Labute approximate surface area is 135 Å². The molecular weight excluding hydrogens is 309 g/mol. The Hall–Kier alpha value is -0.970. The van der Waals surface area contributed by atoms with Crippen LogP contribution in [0.25, 0.3) is 0 Å². The number of nitrogens with zero attached hydrogens (tertiary/aromatic N) is 1. The number of hydrogen-bond acceptors (Lipinski definition) is 3. The molecule has 1 aliphatic rings. The molecule has 1 heterocycles. The predicted molar refractivity (Wildman–Crippen MR) is 89.0 cm³/mol. The molecule has 2 rings (SSSR count). The lowest BCUT2D eigenvalue weighted by Gasteiger charge is -2.29. The molecule has 6 heteroatoms. The van der Waals surface area contributed by atoms with Gasteiger partial charge in [-0.05, 0) is 44.9 Å². The molecule has 21 heavy (non-hydrogen) atoms. The van der Waals surface area contributed by atoms with Crippen molar-refractivity contribution in [3.8, 4) is 0 Å². The third-order valence-corrected chi connectivity index (χ3v) is 4.68. The van der Waals surface area contributed by atoms with Gasteiger partial charge in [-0.1, -0.05) is 30.1 Å². The summed E-state index contributed by atoms with van der Waals surface area (Å²) in [4.78, 5) is 14.7. The number of carbonyl (C=O) groups is 1. The number of hydrogen-bond donors (Lipinski definition) is 2. The Bertz CT molecular complexity index is 513. The Kier molecular flexibility index (Phi) is 5.36. The molecule has 0 spiro atoms. The first-order valence-electron chi connectivity index (χ1n) is 7.25. The number of nitrogen functional groups attached to an aromatic ring is 1. The van der Waals surface area contributed by atoms with Crippen LogP contribution in [0.3, 0.4) is 0 Å². The van der Waals surface area contributed by atoms with E-state index in [4.69, 9.17) is 28.9 Å². The van der Waals surface area contributed by atoms with E-state index in [9.17, 15) is 4.79 Å². The molecule has 0 aliphatic carbocycles. The first kappa shape index (κ1) is 16.4. The van der Waals surface area contributed by atoms with Crippen molar-refractivity contribution < 1.29 is 4.79 Å². The SMILES string of the molecule is CCC1CCCN1C(C)C(=O)Nc1c(Cl)cc(N)cc1Cl. The van der Waals surface area contributed by atoms with Crippen LogP contribution in [-0.4, -0.2) is 29.4 Å². The number of benzene rings is 1. The smallest absolute Gasteiger partial charge is 0.241 e. The molecule has 0 bridgehead atoms. The van der Waals surface area contributed by atoms with Gasteiger partial charge >= 0.3 is 0 Å². The van der Waals surface area contributed by atoms with Gasteiger partial charge in [-0.2, -0.15) is 0 Å². The third kappa shape index (κ3) is 3.62. The van der Waals surface area contributed by atoms with Gasteiger partial charge in [0.05, 0.1) is 21.8 Å². The summed E-state index contributed by atoms with van der Waals surface area (Å²) in [5.41, 5.74) is 6.57. The number of nitrogens with one attached hydrogen (secondary N) is 1. The van der Waals surface area contributed by atoms with E-state index in [1.54, 1.807) is 12.1 Å². The van der Waals surface area contributed by atoms with Crippen molar-refractivity contribution in [2.75, 3.05) is 17.6 Å². The lowest BCUT2D eigenvalue weighted by atomic mass is 10.1. The van der Waals surface area contributed by atoms with Crippen LogP contribution in [0.4, 0.5) is 11.4 Å². The van der Waals surface area contributed by atoms with E-state index in [2.05, 4.69) is 17.1 Å². The molecule has 0 aromatic heterocycles. The first-order valence-corrected chi connectivity index (χ1v) is 8.00. The zero-order chi connectivity index (χ0) is 15.6. The molecule has 116 valence electrons. The Morgan fingerprint density at radius 1 is 1.48 bits per heavy atom. The molecule has 2 unspecified atom stereocenters. The van der Waals surface area contributed by atoms with Crippen LogP contribution in [0, 0.1) is 0 Å². The molecule has 1 aromatic rings. The number of halogens is 2. The fourth-order valence-electron chi connectivity index (χ4n) is 2.90. The van der Waals surface area contributed by atoms with Crippen LogP contribution in [0.5, 0.6) is 0 Å². The van der Waals surface area contributed by atoms with Crippen LogP contribution in [0.15, 0.2) is 12.1 Å². The molecule has 0 radical (unpaired) electrons. The number of rotatable bonds is 4. The quantitative estimate of drug-likeness (QED) is 0.826. The fourth-order valence-corrected chi connectivity index (χ4v) is 3.50. The van der Waals surface area contributed by atoms with Crippen molar-refractivity contribution >= 4 is 40.5 Å². The van der Waals surface area contributed by atoms with Gasteiger partial charge in [0, 0.05) is 11.7 Å². The Morgan fingerprint density at radius 2 is 2.10 bits per heavy atom. The molecule has 1 aliphatic heterocycles. The molecular formula is C15H21Cl2N3O. The fraction of sp³-hybridized carbons (Fsp3) is 0.533. The normalized spacial score (nSPS) is 20.5. The van der Waals surface area contributed by atoms with E-state index >= 15 is 0 Å². The van der Waals surface area contributed by atoms with E-state index < -0.39 is 0 Å². The average molecular weight is 330 g/mol. The number of amides is 1. The summed E-state index contributed by atoms with van der Waals surface area (Å²) >= 11 is 12.2. The van der Waals surface area contributed by atoms with Gasteiger partial charge in [0.15, 0.2) is 0 Å². The predicted octanol–water partition coefficient (Wildman–Crippen LogP) is 3.78. The second-order valence-electron chi connectivity index (χ2n) is 5.47. The van der Waals surface area contributed by atoms with Gasteiger partial charge in [-0.15, -0.1) is 0 Å². The largest absolute Gasteiger partial charge is 0.399 e. The van der Waals surface area contributed by atoms with Crippen molar-refractivity contribution in [3.05, 3.63) is 22.2 Å². The average Bonchev–Trinajstić information content (AvgIpc) is 2.89. The zero-order valence-corrected chi connectivity index (χ0v) is 13.8. The lowest BCUT2D eigenvalue weighted by Crippen LogP contribution is -2.44. The van der Waals surface area contributed by atoms with Crippen LogP contribution in [-0.2, 0) is 4.79 Å². The summed E-state index contributed by atoms with van der Waals surface area (Å²) in [6.07, 6.45) is 3.35. The van der Waals surface area contributed by atoms with Crippen LogP contribution >= 0.6 is 23.2 Å². The standard InChI is InChI=1S/C15H21Cl2N3O/c1-3-11-5-4-6-20(11)9(2)15(21)19-14-12(16)7-10(18)8-13(14)17/h7-9,11H,3-6,18H2,1-2H3,(H,19,21). The first-order chi connectivity index (χ1) is 9.93. The van der Waals surface area contributed by atoms with Crippen molar-refractivity contribution in [2.24, 2.45) is 0 Å². The minimum absolute atomic E-state index is 0.0936. The van der Waals surface area contributed by atoms with Gasteiger partial charge in [0.2, 0.25) is 5.91 Å². The molecule has 0 saturated carbocycles. The van der Waals surface area contributed by atoms with Crippen LogP contribution in [0.1, 0.15) is 33.1 Å². The van der Waals surface area contributed by atoms with Crippen molar-refractivity contribution in [1.29, 1.82) is 0 Å². The molecule has 1 fully saturated rings. The molecule has 3 N–H and O–H groups in total. The summed E-state index contributed by atoms with van der Waals surface area (Å²) in [6.45, 7) is 5.03. The summed E-state index contributed by atoms with van der Waals surface area (Å²) < 4.78 is 0. The van der Waals surface area contributed by atoms with E-state index in [0.717, 1.165) is 25.8 Å². The Morgan fingerprint density at radius 3 is 2.67 bits per heavy atom. The van der Waals surface area contributed by atoms with E-state index in [1.165, 1.54) is 0 Å². The number of likely N-dealkylation sites (tertiary alicyclic amines) is 1. The summed E-state index contributed by atoms with van der Waals surface area (Å²) in [5, 5.41) is 3.54. The van der Waals surface area contributed by atoms with Gasteiger partial charge < -0.3 is 11.1 Å². The number of carbonyl (C=O) groups excluding carboxylic acids is 1.